The number of aryl methyl sites for hydroxylation is 2. The molecule has 4 rings (SSSR count). The Kier molecular flexibility index (Phi) is 8.05. The average Bonchev–Trinajstić information content (AvgIpc) is 2.87. The zero-order chi connectivity index (χ0) is 29.2. The number of benzene rings is 2. The van der Waals surface area contributed by atoms with Crippen molar-refractivity contribution in [2.24, 2.45) is 7.05 Å². The second-order valence-electron chi connectivity index (χ2n) is 9.43. The van der Waals surface area contributed by atoms with Crippen LogP contribution in [-0.4, -0.2) is 52.7 Å². The number of aromatic nitrogens is 3. The van der Waals surface area contributed by atoms with Gasteiger partial charge in [-0.2, -0.15) is 18.2 Å². The molecule has 2 aromatic carbocycles. The summed E-state index contributed by atoms with van der Waals surface area (Å²) in [7, 11) is 5.44. The van der Waals surface area contributed by atoms with Crippen LogP contribution in [0.3, 0.4) is 0 Å². The Hall–Kier alpha value is -4.52. The van der Waals surface area contributed by atoms with Crippen molar-refractivity contribution in [2.75, 3.05) is 43.1 Å². The van der Waals surface area contributed by atoms with E-state index < -0.39 is 29.1 Å². The molecule has 0 spiro atoms. The van der Waals surface area contributed by atoms with Crippen LogP contribution in [0.4, 0.5) is 39.7 Å². The van der Waals surface area contributed by atoms with Gasteiger partial charge in [-0.15, -0.1) is 0 Å². The molecule has 0 bridgehead atoms. The fraction of sp³-hybridized carbons (Fsp3) is 0.259. The second-order valence-corrected chi connectivity index (χ2v) is 9.43. The summed E-state index contributed by atoms with van der Waals surface area (Å²) in [6, 6.07) is 7.15. The van der Waals surface area contributed by atoms with E-state index in [1.165, 1.54) is 16.7 Å². The molecule has 0 atom stereocenters. The molecule has 0 saturated heterocycles. The Morgan fingerprint density at radius 2 is 1.82 bits per heavy atom. The monoisotopic (exact) mass is 557 g/mol. The minimum atomic E-state index is -4.59. The van der Waals surface area contributed by atoms with Crippen LogP contribution >= 0.6 is 0 Å². The third-order valence-corrected chi connectivity index (χ3v) is 6.09. The fourth-order valence-corrected chi connectivity index (χ4v) is 4.03. The Bertz CT molecular complexity index is 1630. The van der Waals surface area contributed by atoms with Gasteiger partial charge in [-0.05, 0) is 68.5 Å². The fourth-order valence-electron chi connectivity index (χ4n) is 4.03. The van der Waals surface area contributed by atoms with Gasteiger partial charge in [0.25, 0.3) is 5.56 Å². The molecule has 0 unspecified atom stereocenters. The number of urea groups is 1. The highest BCUT2D eigenvalue weighted by Gasteiger charge is 2.30. The molecule has 3 N–H and O–H groups in total. The van der Waals surface area contributed by atoms with Crippen LogP contribution in [0.5, 0.6) is 0 Å². The first-order chi connectivity index (χ1) is 18.8. The zero-order valence-electron chi connectivity index (χ0n) is 22.2. The molecule has 13 heteroatoms. The van der Waals surface area contributed by atoms with Crippen LogP contribution in [0.15, 0.2) is 53.5 Å². The van der Waals surface area contributed by atoms with E-state index in [0.717, 1.165) is 30.8 Å². The molecule has 0 fully saturated rings. The molecule has 9 nitrogen and oxygen atoms in total. The number of rotatable bonds is 7. The zero-order valence-corrected chi connectivity index (χ0v) is 22.2. The van der Waals surface area contributed by atoms with Gasteiger partial charge >= 0.3 is 12.2 Å². The minimum absolute atomic E-state index is 0.126. The number of nitrogens with zero attached hydrogens (tertiary/aromatic N) is 4. The van der Waals surface area contributed by atoms with Crippen LogP contribution in [0.2, 0.25) is 0 Å². The molecule has 40 heavy (non-hydrogen) atoms. The first kappa shape index (κ1) is 28.5. The number of fused-ring (bicyclic) bond motifs is 1. The molecule has 0 aliphatic heterocycles. The summed E-state index contributed by atoms with van der Waals surface area (Å²) in [5, 5.41) is 8.25. The lowest BCUT2D eigenvalue weighted by Gasteiger charge is -2.15. The number of likely N-dealkylation sites (N-methyl/N-ethyl adjacent to an activating group) is 1. The first-order valence-corrected chi connectivity index (χ1v) is 12.1. The predicted molar refractivity (Wildman–Crippen MR) is 146 cm³/mol. The molecule has 0 aliphatic rings. The van der Waals surface area contributed by atoms with Gasteiger partial charge in [0.1, 0.15) is 11.5 Å². The highest BCUT2D eigenvalue weighted by molar-refractivity contribution is 6.00. The quantitative estimate of drug-likeness (QED) is 0.274. The molecule has 4 aromatic rings. The topological polar surface area (TPSA) is 104 Å². The maximum atomic E-state index is 14.8. The lowest BCUT2D eigenvalue weighted by atomic mass is 9.99. The average molecular weight is 558 g/mol. The Balaban J connectivity index is 1.63. The molecule has 2 heterocycles. The van der Waals surface area contributed by atoms with Gasteiger partial charge in [0.2, 0.25) is 5.95 Å². The van der Waals surface area contributed by atoms with Gasteiger partial charge in [0, 0.05) is 43.0 Å². The van der Waals surface area contributed by atoms with E-state index in [1.54, 1.807) is 26.2 Å². The molecule has 0 saturated carbocycles. The molecular weight excluding hydrogens is 530 g/mol. The summed E-state index contributed by atoms with van der Waals surface area (Å²) in [5.41, 5.74) is -0.322. The van der Waals surface area contributed by atoms with Crippen LogP contribution in [0.25, 0.3) is 22.2 Å². The van der Waals surface area contributed by atoms with Gasteiger partial charge in [-0.3, -0.25) is 9.36 Å². The van der Waals surface area contributed by atoms with Gasteiger partial charge in [-0.25, -0.2) is 14.2 Å². The molecular formula is C27H27F4N7O2. The summed E-state index contributed by atoms with van der Waals surface area (Å²) in [5.74, 6) is -0.414. The summed E-state index contributed by atoms with van der Waals surface area (Å²) < 4.78 is 55.1. The van der Waals surface area contributed by atoms with Crippen LogP contribution in [0.1, 0.15) is 11.1 Å². The van der Waals surface area contributed by atoms with Gasteiger partial charge in [0.05, 0.1) is 11.3 Å². The summed E-state index contributed by atoms with van der Waals surface area (Å²) in [6.07, 6.45) is -3.02. The molecule has 2 aromatic heterocycles. The largest absolute Gasteiger partial charge is 0.416 e. The smallest absolute Gasteiger partial charge is 0.353 e. The number of hydrogen-bond donors (Lipinski definition) is 3. The molecule has 0 aliphatic carbocycles. The third-order valence-electron chi connectivity index (χ3n) is 6.09. The summed E-state index contributed by atoms with van der Waals surface area (Å²) >= 11 is 0. The SMILES string of the molecule is Cc1cc(F)c(NC(=O)Nc2cccc(C(F)(F)F)c2)cc1-c1cc2cnc(NCCN(C)C)nc2n(C)c1=O. The Morgan fingerprint density at radius 1 is 1.07 bits per heavy atom. The molecule has 0 radical (unpaired) electrons. The maximum Gasteiger partial charge on any atom is 0.416 e. The van der Waals surface area contributed by atoms with Crippen molar-refractivity contribution in [1.29, 1.82) is 0 Å². The number of anilines is 3. The lowest BCUT2D eigenvalue weighted by molar-refractivity contribution is -0.137. The van der Waals surface area contributed by atoms with Gasteiger partial charge in [0.15, 0.2) is 0 Å². The van der Waals surface area contributed by atoms with Crippen molar-refractivity contribution in [2.45, 2.75) is 13.1 Å². The van der Waals surface area contributed by atoms with E-state index in [2.05, 4.69) is 25.9 Å². The van der Waals surface area contributed by atoms with Crippen molar-refractivity contribution in [3.05, 3.63) is 76.0 Å². The molecule has 2 amide bonds. The number of pyridine rings is 1. The van der Waals surface area contributed by atoms with E-state index in [0.29, 0.717) is 34.7 Å². The number of amides is 2. The number of carbonyl (C=O) groups excluding carboxylic acids is 1. The van der Waals surface area contributed by atoms with Crippen molar-refractivity contribution in [3.63, 3.8) is 0 Å². The van der Waals surface area contributed by atoms with E-state index >= 15 is 0 Å². The molecule has 210 valence electrons. The Morgan fingerprint density at radius 3 is 2.52 bits per heavy atom. The standard InChI is InChI=1S/C27H27F4N7O2/c1-15-10-21(28)22(35-26(40)34-18-7-5-6-17(12-18)27(29,30)31)13-19(15)20-11-16-14-33-25(32-8-9-37(2)3)36-23(16)38(4)24(20)39/h5-7,10-14H,8-9H2,1-4H3,(H,32,33,36)(H2,34,35,40). The van der Waals surface area contributed by atoms with Crippen molar-refractivity contribution >= 4 is 34.4 Å². The summed E-state index contributed by atoms with van der Waals surface area (Å²) in [6.45, 7) is 2.98. The van der Waals surface area contributed by atoms with Crippen molar-refractivity contribution in [1.82, 2.24) is 19.4 Å². The van der Waals surface area contributed by atoms with Crippen LogP contribution in [-0.2, 0) is 13.2 Å². The summed E-state index contributed by atoms with van der Waals surface area (Å²) in [4.78, 5) is 36.6. The number of alkyl halides is 3. The first-order valence-electron chi connectivity index (χ1n) is 12.1. The minimum Gasteiger partial charge on any atom is -0.353 e. The highest BCUT2D eigenvalue weighted by atomic mass is 19.4. The number of halogens is 4. The van der Waals surface area contributed by atoms with Crippen molar-refractivity contribution in [3.8, 4) is 11.1 Å². The van der Waals surface area contributed by atoms with E-state index in [1.807, 2.05) is 19.0 Å². The number of nitrogens with one attached hydrogen (secondary N) is 3. The van der Waals surface area contributed by atoms with E-state index in [-0.39, 0.29) is 16.9 Å². The van der Waals surface area contributed by atoms with E-state index in [4.69, 9.17) is 0 Å². The normalized spacial score (nSPS) is 11.6. The maximum absolute atomic E-state index is 14.8. The van der Waals surface area contributed by atoms with E-state index in [9.17, 15) is 27.2 Å². The number of hydrogen-bond acceptors (Lipinski definition) is 6. The highest BCUT2D eigenvalue weighted by Crippen LogP contribution is 2.31. The van der Waals surface area contributed by atoms with Gasteiger partial charge < -0.3 is 20.9 Å². The second kappa shape index (κ2) is 11.3. The predicted octanol–water partition coefficient (Wildman–Crippen LogP) is 5.08. The lowest BCUT2D eigenvalue weighted by Crippen LogP contribution is -2.23. The Labute approximate surface area is 226 Å². The van der Waals surface area contributed by atoms with Crippen molar-refractivity contribution < 1.29 is 22.4 Å². The van der Waals surface area contributed by atoms with Crippen LogP contribution in [0, 0.1) is 12.7 Å². The third kappa shape index (κ3) is 6.37. The van der Waals surface area contributed by atoms with Crippen LogP contribution < -0.4 is 21.5 Å². The van der Waals surface area contributed by atoms with Gasteiger partial charge in [-0.1, -0.05) is 6.07 Å². The number of carbonyl (C=O) groups is 1.